The average Bonchev–Trinajstić information content (AvgIpc) is 3.69. The van der Waals surface area contributed by atoms with Gasteiger partial charge in [-0.2, -0.15) is 0 Å². The lowest BCUT2D eigenvalue weighted by atomic mass is 9.86. The van der Waals surface area contributed by atoms with Crippen LogP contribution in [0.5, 0.6) is 0 Å². The molecule has 0 radical (unpaired) electrons. The highest BCUT2D eigenvalue weighted by Gasteiger charge is 2.77. The van der Waals surface area contributed by atoms with Crippen molar-refractivity contribution in [1.82, 2.24) is 24.2 Å². The Morgan fingerprint density at radius 2 is 1.34 bits per heavy atom. The predicted octanol–water partition coefficient (Wildman–Crippen LogP) is 3.82. The molecule has 6 atom stereocenters. The Labute approximate surface area is 313 Å². The number of aliphatic hydroxyl groups excluding tert-OH is 2. The van der Waals surface area contributed by atoms with E-state index in [0.29, 0.717) is 0 Å². The molecule has 19 heteroatoms. The third-order valence-corrected chi connectivity index (χ3v) is 23.6. The van der Waals surface area contributed by atoms with Gasteiger partial charge >= 0.3 is 0 Å². The Kier molecular flexibility index (Phi) is 7.63. The van der Waals surface area contributed by atoms with Crippen LogP contribution in [0.3, 0.4) is 0 Å². The normalized spacial score (nSPS) is 36.1. The Morgan fingerprint density at radius 3 is 2.10 bits per heavy atom. The minimum absolute atomic E-state index is 0.177. The summed E-state index contributed by atoms with van der Waals surface area (Å²) in [5.41, 5.74) is 2.49. The van der Waals surface area contributed by atoms with E-state index in [1.165, 1.54) is 87.4 Å². The SMILES string of the molecule is CN1C(=O)C2(Cc3cn(C45CC67SSSC(CO)(C(=O)N6C4Nc4ccccc45)N(C)C7=O)c4ccccc34)SSSSC1(CO)C(=O)N2C. The van der Waals surface area contributed by atoms with Crippen molar-refractivity contribution in [2.45, 2.75) is 44.0 Å². The van der Waals surface area contributed by atoms with Gasteiger partial charge in [0.15, 0.2) is 9.74 Å². The number of aliphatic hydroxyl groups is 2. The van der Waals surface area contributed by atoms with Crippen LogP contribution in [0, 0.1) is 0 Å². The van der Waals surface area contributed by atoms with E-state index in [0.717, 1.165) is 27.7 Å². The number of amides is 4. The monoisotopic (exact) mass is 806 g/mol. The lowest BCUT2D eigenvalue weighted by Gasteiger charge is -2.54. The zero-order valence-electron chi connectivity index (χ0n) is 26.7. The molecule has 262 valence electrons. The molecule has 0 aliphatic carbocycles. The molecule has 7 fully saturated rings. The second-order valence-electron chi connectivity index (χ2n) is 13.2. The van der Waals surface area contributed by atoms with Gasteiger partial charge in [0.2, 0.25) is 9.74 Å². The summed E-state index contributed by atoms with van der Waals surface area (Å²) in [5.74, 6) is -1.18. The fourth-order valence-corrected chi connectivity index (χ4v) is 22.0. The number of fused-ring (bicyclic) bond motifs is 12. The fourth-order valence-electron chi connectivity index (χ4n) is 8.49. The van der Waals surface area contributed by atoms with Gasteiger partial charge in [0.25, 0.3) is 23.6 Å². The van der Waals surface area contributed by atoms with Crippen LogP contribution in [0.15, 0.2) is 54.7 Å². The number of anilines is 1. The van der Waals surface area contributed by atoms with Crippen molar-refractivity contribution in [3.05, 3.63) is 65.9 Å². The summed E-state index contributed by atoms with van der Waals surface area (Å²) in [4.78, 5) is 58.2. The molecule has 11 rings (SSSR count). The third-order valence-electron chi connectivity index (χ3n) is 11.2. The highest BCUT2D eigenvalue weighted by molar-refractivity contribution is 9.26. The van der Waals surface area contributed by atoms with Gasteiger partial charge in [-0.15, -0.1) is 0 Å². The van der Waals surface area contributed by atoms with Crippen molar-refractivity contribution in [3.63, 3.8) is 0 Å². The number of piperazine rings is 2. The van der Waals surface area contributed by atoms with Crippen molar-refractivity contribution in [2.75, 3.05) is 39.7 Å². The maximum absolute atomic E-state index is 14.7. The quantitative estimate of drug-likeness (QED) is 0.322. The lowest BCUT2D eigenvalue weighted by molar-refractivity contribution is -0.165. The standard InChI is InChI=1S/C31H30N6O6S7/c1-33-25(42)30(15-38)34(2)23(40)28(33,44-49-50-47-30)12-17-13-36(21-11-7-4-8-18(17)21)27-14-29-24(41)35(3)31(16-39,46-48-45-29)26(43)37(29)22(27)32-20-10-6-5-9-19(20)27/h4-11,13,22,32,38-39H,12,14-16H2,1-3H3. The molecule has 8 aliphatic heterocycles. The number of carbonyl (C=O) groups is 4. The second-order valence-corrected chi connectivity index (χ2v) is 23.8. The molecule has 2 aromatic carbocycles. The lowest BCUT2D eigenvalue weighted by Crippen LogP contribution is -2.74. The van der Waals surface area contributed by atoms with Crippen LogP contribution in [0.25, 0.3) is 10.9 Å². The van der Waals surface area contributed by atoms with Gasteiger partial charge in [0.1, 0.15) is 11.7 Å². The van der Waals surface area contributed by atoms with Crippen LogP contribution in [-0.4, -0.2) is 118 Å². The molecule has 6 unspecified atom stereocenters. The van der Waals surface area contributed by atoms with Crippen LogP contribution in [-0.2, 0) is 31.1 Å². The summed E-state index contributed by atoms with van der Waals surface area (Å²) in [6.07, 6.45) is 1.78. The van der Waals surface area contributed by atoms with Crippen molar-refractivity contribution in [2.24, 2.45) is 0 Å². The zero-order chi connectivity index (χ0) is 35.0. The Hall–Kier alpha value is -1.97. The van der Waals surface area contributed by atoms with Gasteiger partial charge in [-0.05, 0) is 90.3 Å². The van der Waals surface area contributed by atoms with Crippen LogP contribution < -0.4 is 5.32 Å². The molecule has 7 saturated heterocycles. The number of likely N-dealkylation sites (N-methyl/N-ethyl adjacent to an activating group) is 3. The summed E-state index contributed by atoms with van der Waals surface area (Å²) >= 11 is 0. The molecule has 8 aliphatic rings. The Morgan fingerprint density at radius 1 is 0.740 bits per heavy atom. The number of carbonyl (C=O) groups excluding carboxylic acids is 4. The molecule has 1 aromatic heterocycles. The minimum Gasteiger partial charge on any atom is -0.392 e. The number of hydrogen-bond acceptors (Lipinski definition) is 14. The van der Waals surface area contributed by atoms with E-state index in [1.54, 1.807) is 26.0 Å². The largest absolute Gasteiger partial charge is 0.392 e. The first-order chi connectivity index (χ1) is 24.0. The van der Waals surface area contributed by atoms with Gasteiger partial charge in [0.05, 0.1) is 13.2 Å². The molecular formula is C31H30N6O6S7. The summed E-state index contributed by atoms with van der Waals surface area (Å²) in [6, 6.07) is 15.8. The minimum atomic E-state index is -1.47. The smallest absolute Gasteiger partial charge is 0.265 e. The van der Waals surface area contributed by atoms with Gasteiger partial charge in [-0.1, -0.05) is 36.4 Å². The third kappa shape index (κ3) is 3.83. The van der Waals surface area contributed by atoms with Crippen LogP contribution >= 0.6 is 72.7 Å². The zero-order valence-corrected chi connectivity index (χ0v) is 32.4. The molecule has 1 spiro atoms. The molecule has 4 amide bonds. The number of aromatic nitrogens is 1. The van der Waals surface area contributed by atoms with E-state index in [2.05, 4.69) is 9.88 Å². The van der Waals surface area contributed by atoms with Gasteiger partial charge in [0, 0.05) is 62.3 Å². The topological polar surface area (TPSA) is 139 Å². The number of rotatable bonds is 5. The van der Waals surface area contributed by atoms with E-state index >= 15 is 0 Å². The molecule has 9 heterocycles. The van der Waals surface area contributed by atoms with E-state index < -0.39 is 44.4 Å². The summed E-state index contributed by atoms with van der Waals surface area (Å²) in [7, 11) is 14.1. The van der Waals surface area contributed by atoms with Crippen molar-refractivity contribution in [1.29, 1.82) is 0 Å². The fraction of sp³-hybridized carbons (Fsp3) is 0.419. The van der Waals surface area contributed by atoms with Crippen LogP contribution in [0.4, 0.5) is 5.69 Å². The summed E-state index contributed by atoms with van der Waals surface area (Å²) in [5, 5.41) is 25.6. The van der Waals surface area contributed by atoms with E-state index in [1.807, 2.05) is 54.7 Å². The Balaban J connectivity index is 1.25. The highest BCUT2D eigenvalue weighted by atomic mass is 33.7. The highest BCUT2D eigenvalue weighted by Crippen LogP contribution is 2.69. The number of benzene rings is 2. The number of nitrogens with zero attached hydrogens (tertiary/aromatic N) is 5. The van der Waals surface area contributed by atoms with Gasteiger partial charge in [-0.3, -0.25) is 24.1 Å². The van der Waals surface area contributed by atoms with E-state index in [-0.39, 0.29) is 36.5 Å². The number of hydrogen-bond donors (Lipinski definition) is 3. The molecule has 12 nitrogen and oxygen atoms in total. The first-order valence-electron chi connectivity index (χ1n) is 15.6. The molecule has 3 aromatic rings. The van der Waals surface area contributed by atoms with Crippen molar-refractivity contribution in [3.8, 4) is 0 Å². The molecule has 4 bridgehead atoms. The molecular weight excluding hydrogens is 777 g/mol. The predicted molar refractivity (Wildman–Crippen MR) is 205 cm³/mol. The maximum Gasteiger partial charge on any atom is 0.265 e. The second kappa shape index (κ2) is 11.3. The molecule has 3 N–H and O–H groups in total. The average molecular weight is 807 g/mol. The first kappa shape index (κ1) is 33.8. The van der Waals surface area contributed by atoms with Crippen molar-refractivity contribution < 1.29 is 29.4 Å². The molecule has 0 saturated carbocycles. The number of nitrogens with one attached hydrogen (secondary N) is 1. The summed E-state index contributed by atoms with van der Waals surface area (Å²) < 4.78 is 2.17. The van der Waals surface area contributed by atoms with Gasteiger partial charge in [-0.25, -0.2) is 0 Å². The first-order valence-corrected chi connectivity index (χ1v) is 23.9. The summed E-state index contributed by atoms with van der Waals surface area (Å²) in [6.45, 7) is -1.03. The van der Waals surface area contributed by atoms with Crippen LogP contribution in [0.1, 0.15) is 17.5 Å². The Bertz CT molecular complexity index is 2040. The van der Waals surface area contributed by atoms with Crippen molar-refractivity contribution >= 4 is 113 Å². The maximum atomic E-state index is 14.7. The van der Waals surface area contributed by atoms with Gasteiger partial charge < -0.3 is 34.8 Å². The van der Waals surface area contributed by atoms with E-state index in [9.17, 15) is 29.4 Å². The number of para-hydroxylation sites is 2. The van der Waals surface area contributed by atoms with Crippen LogP contribution in [0.2, 0.25) is 0 Å². The molecule has 50 heavy (non-hydrogen) atoms. The van der Waals surface area contributed by atoms with E-state index in [4.69, 9.17) is 0 Å².